The second-order valence-electron chi connectivity index (χ2n) is 2.21. The molecule has 0 bridgehead atoms. The van der Waals surface area contributed by atoms with E-state index in [4.69, 9.17) is 7.45 Å². The van der Waals surface area contributed by atoms with Gasteiger partial charge in [0.1, 0.15) is 0 Å². The van der Waals surface area contributed by atoms with Crippen LogP contribution in [0, 0.1) is 0 Å². The summed E-state index contributed by atoms with van der Waals surface area (Å²) in [7, 11) is 0. The van der Waals surface area contributed by atoms with Crippen molar-refractivity contribution in [1.29, 1.82) is 0 Å². The summed E-state index contributed by atoms with van der Waals surface area (Å²) in [6, 6.07) is 0.489. The molecule has 3 nitrogen and oxygen atoms in total. The van der Waals surface area contributed by atoms with Crippen molar-refractivity contribution < 1.29 is 7.45 Å². The molecule has 1 heterocycles. The summed E-state index contributed by atoms with van der Waals surface area (Å²) < 4.78 is 13.8. The molecule has 0 unspecified atom stereocenters. The summed E-state index contributed by atoms with van der Waals surface area (Å²) in [5.41, 5.74) is 0. The van der Waals surface area contributed by atoms with E-state index >= 15 is 0 Å². The Morgan fingerprint density at radius 2 is 1.89 bits per heavy atom. The first-order valence-corrected chi connectivity index (χ1v) is 5.58. The Morgan fingerprint density at radius 3 is 2.33 bits per heavy atom. The molecule has 1 aliphatic heterocycles. The van der Waals surface area contributed by atoms with Crippen molar-refractivity contribution in [2.75, 3.05) is 13.2 Å². The van der Waals surface area contributed by atoms with Crippen molar-refractivity contribution in [1.82, 2.24) is 4.23 Å². The molecular formula is C5H12AsNO2. The molecule has 0 aromatic heterocycles. The third-order valence-electron chi connectivity index (χ3n) is 0.864. The second kappa shape index (κ2) is 3.57. The molecule has 0 aromatic rings. The summed E-state index contributed by atoms with van der Waals surface area (Å²) in [5.74, 6) is 0. The van der Waals surface area contributed by atoms with E-state index in [1.54, 1.807) is 0 Å². The number of nitrogens with one attached hydrogen (secondary N) is 1. The van der Waals surface area contributed by atoms with E-state index in [1.807, 2.05) is 0 Å². The van der Waals surface area contributed by atoms with Crippen LogP contribution in [0.2, 0.25) is 0 Å². The zero-order valence-corrected chi connectivity index (χ0v) is 7.63. The fourth-order valence-electron chi connectivity index (χ4n) is 0.563. The van der Waals surface area contributed by atoms with Gasteiger partial charge >= 0.3 is 60.3 Å². The first-order valence-electron chi connectivity index (χ1n) is 3.11. The van der Waals surface area contributed by atoms with Gasteiger partial charge < -0.3 is 0 Å². The van der Waals surface area contributed by atoms with Crippen molar-refractivity contribution in [3.05, 3.63) is 0 Å². The van der Waals surface area contributed by atoms with E-state index in [0.717, 1.165) is 13.2 Å². The number of rotatable bonds is 2. The van der Waals surface area contributed by atoms with Gasteiger partial charge in [-0.05, 0) is 0 Å². The van der Waals surface area contributed by atoms with E-state index in [0.29, 0.717) is 6.04 Å². The summed E-state index contributed by atoms with van der Waals surface area (Å²) in [6.45, 7) is 5.75. The Hall–Kier alpha value is 0.438. The number of hydrogen-bond acceptors (Lipinski definition) is 3. The van der Waals surface area contributed by atoms with Gasteiger partial charge in [0.2, 0.25) is 0 Å². The Balaban J connectivity index is 2.11. The Bertz CT molecular complexity index is 83.0. The van der Waals surface area contributed by atoms with Crippen LogP contribution in [0.4, 0.5) is 0 Å². The summed E-state index contributed by atoms with van der Waals surface area (Å²) in [5, 5.41) is 0. The van der Waals surface area contributed by atoms with Crippen LogP contribution in [0.5, 0.6) is 0 Å². The van der Waals surface area contributed by atoms with Crippen molar-refractivity contribution in [3.63, 3.8) is 0 Å². The molecule has 0 amide bonds. The van der Waals surface area contributed by atoms with Gasteiger partial charge in [-0.25, -0.2) is 0 Å². The van der Waals surface area contributed by atoms with Gasteiger partial charge in [-0.15, -0.1) is 0 Å². The van der Waals surface area contributed by atoms with E-state index < -0.39 is 15.6 Å². The van der Waals surface area contributed by atoms with Crippen LogP contribution in [0.15, 0.2) is 0 Å². The third-order valence-corrected chi connectivity index (χ3v) is 4.14. The van der Waals surface area contributed by atoms with Crippen LogP contribution in [-0.4, -0.2) is 34.8 Å². The summed E-state index contributed by atoms with van der Waals surface area (Å²) >= 11 is -1.45. The Kier molecular flexibility index (Phi) is 2.99. The van der Waals surface area contributed by atoms with Crippen LogP contribution < -0.4 is 4.23 Å². The van der Waals surface area contributed by atoms with Gasteiger partial charge in [-0.3, -0.25) is 0 Å². The molecule has 9 heavy (non-hydrogen) atoms. The third kappa shape index (κ3) is 2.67. The van der Waals surface area contributed by atoms with Gasteiger partial charge in [-0.2, -0.15) is 0 Å². The zero-order chi connectivity index (χ0) is 6.69. The van der Waals surface area contributed by atoms with Crippen molar-refractivity contribution in [2.45, 2.75) is 19.9 Å². The molecule has 0 radical (unpaired) electrons. The Morgan fingerprint density at radius 1 is 1.33 bits per heavy atom. The molecule has 0 saturated carbocycles. The molecular weight excluding hydrogens is 181 g/mol. The maximum atomic E-state index is 5.28. The van der Waals surface area contributed by atoms with Gasteiger partial charge in [0.25, 0.3) is 0 Å². The number of hydrogen-bond donors (Lipinski definition) is 1. The fourth-order valence-corrected chi connectivity index (χ4v) is 2.93. The monoisotopic (exact) mass is 193 g/mol. The Labute approximate surface area is 60.9 Å². The van der Waals surface area contributed by atoms with Crippen LogP contribution >= 0.6 is 0 Å². The molecule has 1 N–H and O–H groups in total. The molecule has 0 aliphatic carbocycles. The molecule has 0 aromatic carbocycles. The molecule has 1 fully saturated rings. The average molecular weight is 193 g/mol. The zero-order valence-electron chi connectivity index (χ0n) is 5.76. The first kappa shape index (κ1) is 7.54. The standard InChI is InChI=1S/C5H12AsNO2/c1-5(2)7-6-8-3-4-9-6/h5,7H,3-4H2,1-2H3. The predicted octanol–water partition coefficient (Wildman–Crippen LogP) is 0.0161. The van der Waals surface area contributed by atoms with Gasteiger partial charge in [0.05, 0.1) is 0 Å². The molecule has 1 saturated heterocycles. The van der Waals surface area contributed by atoms with Gasteiger partial charge in [0, 0.05) is 0 Å². The van der Waals surface area contributed by atoms with Crippen LogP contribution in [0.25, 0.3) is 0 Å². The van der Waals surface area contributed by atoms with E-state index in [-0.39, 0.29) is 0 Å². The quantitative estimate of drug-likeness (QED) is 0.627. The van der Waals surface area contributed by atoms with Gasteiger partial charge in [0.15, 0.2) is 0 Å². The molecule has 54 valence electrons. The van der Waals surface area contributed by atoms with Crippen molar-refractivity contribution >= 4 is 15.6 Å². The molecule has 0 spiro atoms. The van der Waals surface area contributed by atoms with E-state index in [2.05, 4.69) is 18.1 Å². The van der Waals surface area contributed by atoms with E-state index in [1.165, 1.54) is 0 Å². The predicted molar refractivity (Wildman–Crippen MR) is 35.9 cm³/mol. The van der Waals surface area contributed by atoms with E-state index in [9.17, 15) is 0 Å². The first-order chi connectivity index (χ1) is 4.29. The van der Waals surface area contributed by atoms with Crippen LogP contribution in [0.3, 0.4) is 0 Å². The molecule has 4 heteroatoms. The van der Waals surface area contributed by atoms with Crippen LogP contribution in [0.1, 0.15) is 13.8 Å². The van der Waals surface area contributed by atoms with Crippen LogP contribution in [-0.2, 0) is 7.45 Å². The average Bonchev–Trinajstić information content (AvgIpc) is 2.15. The summed E-state index contributed by atoms with van der Waals surface area (Å²) in [4.78, 5) is 0. The molecule has 1 rings (SSSR count). The van der Waals surface area contributed by atoms with Gasteiger partial charge in [-0.1, -0.05) is 0 Å². The molecule has 1 aliphatic rings. The van der Waals surface area contributed by atoms with Crippen molar-refractivity contribution in [2.24, 2.45) is 0 Å². The minimum atomic E-state index is -1.45. The topological polar surface area (TPSA) is 30.5 Å². The SMILES string of the molecule is CC(C)N[As]1OCCO1. The fraction of sp³-hybridized carbons (Fsp3) is 1.00. The maximum absolute atomic E-state index is 5.28. The second-order valence-corrected chi connectivity index (χ2v) is 4.91. The minimum absolute atomic E-state index is 0.489. The summed E-state index contributed by atoms with van der Waals surface area (Å²) in [6.07, 6.45) is 0. The van der Waals surface area contributed by atoms with Crippen molar-refractivity contribution in [3.8, 4) is 0 Å². The molecule has 0 atom stereocenters. The normalized spacial score (nSPS) is 21.7.